The number of hydrogen-bond donors (Lipinski definition) is 0. The second-order valence-electron chi connectivity index (χ2n) is 4.28. The number of carbonyl (C=O) groups excluding carboxylic acids is 1. The van der Waals surface area contributed by atoms with Gasteiger partial charge in [0.15, 0.2) is 5.78 Å². The van der Waals surface area contributed by atoms with Crippen molar-refractivity contribution >= 4 is 5.78 Å². The molecule has 0 aromatic rings. The van der Waals surface area contributed by atoms with Crippen LogP contribution >= 0.6 is 0 Å². The maximum Gasteiger partial charge on any atom is 0.152 e. The van der Waals surface area contributed by atoms with E-state index in [1.54, 1.807) is 12.2 Å². The average Bonchev–Trinajstić information content (AvgIpc) is 2.25. The van der Waals surface area contributed by atoms with Crippen LogP contribution in [-0.2, 0) is 4.79 Å². The lowest BCUT2D eigenvalue weighted by molar-refractivity contribution is -0.133. The molecular weight excluding hydrogens is 172 g/mol. The Labute approximate surface area is 87.9 Å². The van der Waals surface area contributed by atoms with Gasteiger partial charge in [-0.15, -0.1) is 13.2 Å². The summed E-state index contributed by atoms with van der Waals surface area (Å²) < 4.78 is 0. The Morgan fingerprint density at radius 3 is 1.50 bits per heavy atom. The number of hydrogen-bond acceptors (Lipinski definition) is 1. The molecule has 0 aromatic carbocycles. The van der Waals surface area contributed by atoms with Crippen molar-refractivity contribution in [2.45, 2.75) is 40.5 Å². The van der Waals surface area contributed by atoms with E-state index in [2.05, 4.69) is 13.2 Å². The van der Waals surface area contributed by atoms with Gasteiger partial charge >= 0.3 is 0 Å². The molecule has 2 unspecified atom stereocenters. The van der Waals surface area contributed by atoms with Crippen LogP contribution in [0.25, 0.3) is 0 Å². The van der Waals surface area contributed by atoms with Crippen LogP contribution in [0.5, 0.6) is 0 Å². The number of ketones is 1. The maximum atomic E-state index is 12.3. The normalized spacial score (nSPS) is 19.1. The Kier molecular flexibility index (Phi) is 4.31. The van der Waals surface area contributed by atoms with Crippen molar-refractivity contribution in [2.75, 3.05) is 0 Å². The fourth-order valence-corrected chi connectivity index (χ4v) is 1.45. The van der Waals surface area contributed by atoms with E-state index in [1.807, 2.05) is 27.7 Å². The van der Waals surface area contributed by atoms with Crippen LogP contribution in [0.15, 0.2) is 25.3 Å². The summed E-state index contributed by atoms with van der Waals surface area (Å²) in [6, 6.07) is 0. The van der Waals surface area contributed by atoms with Crippen LogP contribution in [0.3, 0.4) is 0 Å². The highest BCUT2D eigenvalue weighted by Crippen LogP contribution is 2.36. The van der Waals surface area contributed by atoms with Gasteiger partial charge in [-0.05, 0) is 26.7 Å². The number of rotatable bonds is 6. The smallest absolute Gasteiger partial charge is 0.152 e. The van der Waals surface area contributed by atoms with Gasteiger partial charge in [0.1, 0.15) is 0 Å². The Balaban J connectivity index is 5.10. The third-order valence-electron chi connectivity index (χ3n) is 3.41. The largest absolute Gasteiger partial charge is 0.298 e. The summed E-state index contributed by atoms with van der Waals surface area (Å²) >= 11 is 0. The third kappa shape index (κ3) is 2.14. The summed E-state index contributed by atoms with van der Waals surface area (Å²) in [4.78, 5) is 12.3. The Morgan fingerprint density at radius 1 is 1.07 bits per heavy atom. The molecule has 0 aromatic heterocycles. The van der Waals surface area contributed by atoms with Crippen LogP contribution < -0.4 is 0 Å². The molecule has 0 radical (unpaired) electrons. The lowest BCUT2D eigenvalue weighted by Crippen LogP contribution is -2.37. The quantitative estimate of drug-likeness (QED) is 0.588. The minimum atomic E-state index is -0.418. The van der Waals surface area contributed by atoms with E-state index in [0.29, 0.717) is 0 Å². The molecule has 0 fully saturated rings. The van der Waals surface area contributed by atoms with E-state index in [4.69, 9.17) is 0 Å². The van der Waals surface area contributed by atoms with Gasteiger partial charge in [0.25, 0.3) is 0 Å². The summed E-state index contributed by atoms with van der Waals surface area (Å²) in [5, 5.41) is 0. The molecule has 0 bridgehead atoms. The van der Waals surface area contributed by atoms with E-state index in [-0.39, 0.29) is 5.78 Å². The lowest BCUT2D eigenvalue weighted by atomic mass is 9.69. The van der Waals surface area contributed by atoms with Gasteiger partial charge in [-0.1, -0.05) is 26.0 Å². The highest BCUT2D eigenvalue weighted by Gasteiger charge is 2.38. The van der Waals surface area contributed by atoms with Crippen molar-refractivity contribution in [3.8, 4) is 0 Å². The van der Waals surface area contributed by atoms with Gasteiger partial charge in [-0.2, -0.15) is 0 Å². The topological polar surface area (TPSA) is 17.1 Å². The van der Waals surface area contributed by atoms with Crippen molar-refractivity contribution in [3.05, 3.63) is 25.3 Å². The molecule has 0 heterocycles. The molecule has 2 atom stereocenters. The van der Waals surface area contributed by atoms with Crippen molar-refractivity contribution in [1.82, 2.24) is 0 Å². The van der Waals surface area contributed by atoms with E-state index >= 15 is 0 Å². The van der Waals surface area contributed by atoms with Gasteiger partial charge in [-0.25, -0.2) is 0 Å². The first-order valence-electron chi connectivity index (χ1n) is 5.22. The predicted octanol–water partition coefficient (Wildman–Crippen LogP) is 3.76. The predicted molar refractivity (Wildman–Crippen MR) is 62.2 cm³/mol. The Bertz CT molecular complexity index is 218. The molecular formula is C13H22O. The molecule has 1 nitrogen and oxygen atoms in total. The Morgan fingerprint density at radius 2 is 1.36 bits per heavy atom. The number of Topliss-reactive ketones (excluding diaryl/α,β-unsaturated/α-hetero) is 1. The molecule has 0 spiro atoms. The molecule has 1 heteroatoms. The van der Waals surface area contributed by atoms with Crippen molar-refractivity contribution in [2.24, 2.45) is 10.8 Å². The summed E-state index contributed by atoms with van der Waals surface area (Å²) in [6.07, 6.45) is 5.09. The summed E-state index contributed by atoms with van der Waals surface area (Å²) in [7, 11) is 0. The fraction of sp³-hybridized carbons (Fsp3) is 0.615. The van der Waals surface area contributed by atoms with Crippen LogP contribution in [0.1, 0.15) is 40.5 Å². The molecule has 0 aliphatic carbocycles. The SMILES string of the molecule is C=CC(C)(CC)C(=O)C(C)(C=C)CC. The zero-order chi connectivity index (χ0) is 11.4. The van der Waals surface area contributed by atoms with E-state index in [0.717, 1.165) is 12.8 Å². The van der Waals surface area contributed by atoms with Crippen LogP contribution in [-0.4, -0.2) is 5.78 Å². The lowest BCUT2D eigenvalue weighted by Gasteiger charge is -2.33. The molecule has 0 saturated carbocycles. The number of allylic oxidation sites excluding steroid dienone is 2. The van der Waals surface area contributed by atoms with E-state index in [1.165, 1.54) is 0 Å². The standard InChI is InChI=1S/C13H22O/c1-7-12(5,8-2)11(14)13(6,9-3)10-4/h7,9H,1,3,8,10H2,2,4-6H3. The number of carbonyl (C=O) groups is 1. The fourth-order valence-electron chi connectivity index (χ4n) is 1.45. The van der Waals surface area contributed by atoms with Gasteiger partial charge < -0.3 is 0 Å². The zero-order valence-electron chi connectivity index (χ0n) is 9.89. The zero-order valence-corrected chi connectivity index (χ0v) is 9.89. The van der Waals surface area contributed by atoms with Gasteiger partial charge in [-0.3, -0.25) is 4.79 Å². The van der Waals surface area contributed by atoms with Gasteiger partial charge in [0.2, 0.25) is 0 Å². The molecule has 0 aliphatic heterocycles. The maximum absolute atomic E-state index is 12.3. The minimum Gasteiger partial charge on any atom is -0.298 e. The first-order chi connectivity index (χ1) is 6.40. The summed E-state index contributed by atoms with van der Waals surface area (Å²) in [6.45, 7) is 15.4. The average molecular weight is 194 g/mol. The minimum absolute atomic E-state index is 0.222. The highest BCUT2D eigenvalue weighted by atomic mass is 16.1. The monoisotopic (exact) mass is 194 g/mol. The molecule has 0 N–H and O–H groups in total. The van der Waals surface area contributed by atoms with Gasteiger partial charge in [0, 0.05) is 10.8 Å². The second-order valence-corrected chi connectivity index (χ2v) is 4.28. The Hall–Kier alpha value is -0.850. The van der Waals surface area contributed by atoms with Crippen LogP contribution in [0, 0.1) is 10.8 Å². The highest BCUT2D eigenvalue weighted by molar-refractivity contribution is 5.92. The third-order valence-corrected chi connectivity index (χ3v) is 3.41. The van der Waals surface area contributed by atoms with Crippen molar-refractivity contribution in [1.29, 1.82) is 0 Å². The first-order valence-corrected chi connectivity index (χ1v) is 5.22. The van der Waals surface area contributed by atoms with Crippen molar-refractivity contribution in [3.63, 3.8) is 0 Å². The molecule has 14 heavy (non-hydrogen) atoms. The first kappa shape index (κ1) is 13.2. The molecule has 80 valence electrons. The van der Waals surface area contributed by atoms with Crippen LogP contribution in [0.4, 0.5) is 0 Å². The van der Waals surface area contributed by atoms with E-state index < -0.39 is 10.8 Å². The van der Waals surface area contributed by atoms with E-state index in [9.17, 15) is 4.79 Å². The van der Waals surface area contributed by atoms with Crippen LogP contribution in [0.2, 0.25) is 0 Å². The van der Waals surface area contributed by atoms with Crippen molar-refractivity contribution < 1.29 is 4.79 Å². The molecule has 0 amide bonds. The summed E-state index contributed by atoms with van der Waals surface area (Å²) in [5.41, 5.74) is -0.835. The second kappa shape index (κ2) is 4.59. The molecule has 0 rings (SSSR count). The molecule has 0 saturated heterocycles. The molecule has 0 aliphatic rings. The van der Waals surface area contributed by atoms with Gasteiger partial charge in [0.05, 0.1) is 0 Å². The summed E-state index contributed by atoms with van der Waals surface area (Å²) in [5.74, 6) is 0.222.